The molecule has 2 rings (SSSR count). The number of hydrogen-bond donors (Lipinski definition) is 1. The second-order valence-electron chi connectivity index (χ2n) is 4.08. The van der Waals surface area contributed by atoms with Crippen molar-refractivity contribution in [2.24, 2.45) is 5.73 Å². The molecule has 3 heteroatoms. The number of halogens is 1. The van der Waals surface area contributed by atoms with Gasteiger partial charge in [0.1, 0.15) is 5.82 Å². The Kier molecular flexibility index (Phi) is 3.92. The molecule has 2 aromatic rings. The van der Waals surface area contributed by atoms with E-state index < -0.39 is 0 Å². The molecule has 0 aliphatic rings. The van der Waals surface area contributed by atoms with Crippen molar-refractivity contribution in [3.05, 3.63) is 47.1 Å². The smallest absolute Gasteiger partial charge is 0.131 e. The predicted molar refractivity (Wildman–Crippen MR) is 71.5 cm³/mol. The average molecular weight is 249 g/mol. The third kappa shape index (κ3) is 2.73. The molecule has 0 saturated heterocycles. The largest absolute Gasteiger partial charge is 0.323 e. The van der Waals surface area contributed by atoms with Gasteiger partial charge in [0.05, 0.1) is 0 Å². The van der Waals surface area contributed by atoms with Gasteiger partial charge in [-0.25, -0.2) is 4.39 Å². The lowest BCUT2D eigenvalue weighted by molar-refractivity contribution is 0.631. The lowest BCUT2D eigenvalue weighted by atomic mass is 10.1. The van der Waals surface area contributed by atoms with Crippen molar-refractivity contribution in [1.82, 2.24) is 0 Å². The third-order valence-corrected chi connectivity index (χ3v) is 3.98. The van der Waals surface area contributed by atoms with Crippen LogP contribution in [-0.2, 0) is 0 Å². The zero-order valence-corrected chi connectivity index (χ0v) is 10.6. The van der Waals surface area contributed by atoms with Gasteiger partial charge in [0.2, 0.25) is 0 Å². The maximum absolute atomic E-state index is 13.6. The molecule has 0 spiro atoms. The second-order valence-corrected chi connectivity index (χ2v) is 5.19. The Morgan fingerprint density at radius 2 is 2.00 bits per heavy atom. The molecule has 0 aliphatic carbocycles. The van der Waals surface area contributed by atoms with E-state index in [1.54, 1.807) is 23.5 Å². The van der Waals surface area contributed by atoms with Gasteiger partial charge < -0.3 is 5.73 Å². The van der Waals surface area contributed by atoms with Crippen LogP contribution in [0.15, 0.2) is 36.4 Å². The quantitative estimate of drug-likeness (QED) is 0.856. The van der Waals surface area contributed by atoms with Crippen LogP contribution in [0.4, 0.5) is 4.39 Å². The number of thiophene rings is 1. The molecule has 0 aliphatic heterocycles. The molecule has 1 aromatic heterocycles. The maximum atomic E-state index is 13.6. The number of rotatable bonds is 4. The van der Waals surface area contributed by atoms with Crippen LogP contribution in [0.3, 0.4) is 0 Å². The molecule has 0 fully saturated rings. The summed E-state index contributed by atoms with van der Waals surface area (Å²) in [6.07, 6.45) is 2.03. The summed E-state index contributed by atoms with van der Waals surface area (Å²) in [5.41, 5.74) is 6.71. The van der Waals surface area contributed by atoms with E-state index in [1.165, 1.54) is 6.07 Å². The minimum atomic E-state index is -0.176. The van der Waals surface area contributed by atoms with Crippen LogP contribution in [0.2, 0.25) is 0 Å². The summed E-state index contributed by atoms with van der Waals surface area (Å²) in [5.74, 6) is -0.176. The van der Waals surface area contributed by atoms with E-state index in [-0.39, 0.29) is 11.9 Å². The molecule has 2 N–H and O–H groups in total. The third-order valence-electron chi connectivity index (χ3n) is 2.73. The first-order valence-electron chi connectivity index (χ1n) is 5.82. The van der Waals surface area contributed by atoms with E-state index in [9.17, 15) is 4.39 Å². The molecule has 1 heterocycles. The van der Waals surface area contributed by atoms with Gasteiger partial charge >= 0.3 is 0 Å². The lowest BCUT2D eigenvalue weighted by Gasteiger charge is -2.06. The summed E-state index contributed by atoms with van der Waals surface area (Å²) in [7, 11) is 0. The Balaban J connectivity index is 2.27. The summed E-state index contributed by atoms with van der Waals surface area (Å²) in [6.45, 7) is 2.12. The highest BCUT2D eigenvalue weighted by Crippen LogP contribution is 2.33. The Labute approximate surface area is 105 Å². The van der Waals surface area contributed by atoms with E-state index in [0.717, 1.165) is 22.6 Å². The monoisotopic (exact) mass is 249 g/mol. The molecule has 0 saturated carbocycles. The van der Waals surface area contributed by atoms with Gasteiger partial charge in [-0.05, 0) is 24.6 Å². The zero-order chi connectivity index (χ0) is 12.3. The fraction of sp³-hybridized carbons (Fsp3) is 0.286. The number of hydrogen-bond acceptors (Lipinski definition) is 2. The predicted octanol–water partition coefficient (Wildman–Crippen LogP) is 4.35. The van der Waals surface area contributed by atoms with Crippen molar-refractivity contribution < 1.29 is 4.39 Å². The van der Waals surface area contributed by atoms with Crippen LogP contribution in [0.1, 0.15) is 30.7 Å². The highest BCUT2D eigenvalue weighted by atomic mass is 32.1. The first-order valence-corrected chi connectivity index (χ1v) is 6.64. The van der Waals surface area contributed by atoms with Gasteiger partial charge in [-0.3, -0.25) is 0 Å². The molecule has 90 valence electrons. The molecule has 1 aromatic carbocycles. The minimum absolute atomic E-state index is 0.0746. The van der Waals surface area contributed by atoms with Crippen molar-refractivity contribution in [2.45, 2.75) is 25.8 Å². The van der Waals surface area contributed by atoms with Crippen LogP contribution in [-0.4, -0.2) is 0 Å². The van der Waals surface area contributed by atoms with Crippen LogP contribution >= 0.6 is 11.3 Å². The Bertz CT molecular complexity index is 492. The second kappa shape index (κ2) is 5.43. The average Bonchev–Trinajstić information content (AvgIpc) is 2.79. The van der Waals surface area contributed by atoms with Crippen molar-refractivity contribution >= 4 is 11.3 Å². The van der Waals surface area contributed by atoms with Crippen LogP contribution in [0, 0.1) is 5.82 Å². The molecule has 0 amide bonds. The zero-order valence-electron chi connectivity index (χ0n) is 9.82. The van der Waals surface area contributed by atoms with Crippen molar-refractivity contribution in [2.75, 3.05) is 0 Å². The normalized spacial score (nSPS) is 12.6. The Morgan fingerprint density at radius 3 is 2.71 bits per heavy atom. The molecular weight excluding hydrogens is 233 g/mol. The summed E-state index contributed by atoms with van der Waals surface area (Å²) in [5, 5.41) is 0. The summed E-state index contributed by atoms with van der Waals surface area (Å²) in [4.78, 5) is 2.08. The first kappa shape index (κ1) is 12.3. The Morgan fingerprint density at radius 1 is 1.24 bits per heavy atom. The SMILES string of the molecule is CCCC(N)c1ccc(-c2ccccc2F)s1. The maximum Gasteiger partial charge on any atom is 0.131 e. The molecule has 1 unspecified atom stereocenters. The van der Waals surface area contributed by atoms with Crippen LogP contribution in [0.5, 0.6) is 0 Å². The highest BCUT2D eigenvalue weighted by Gasteiger charge is 2.11. The Hall–Kier alpha value is -1.19. The van der Waals surface area contributed by atoms with Gasteiger partial charge in [-0.1, -0.05) is 31.5 Å². The lowest BCUT2D eigenvalue weighted by Crippen LogP contribution is -2.07. The van der Waals surface area contributed by atoms with E-state index in [4.69, 9.17) is 5.73 Å². The van der Waals surface area contributed by atoms with Crippen LogP contribution in [0.25, 0.3) is 10.4 Å². The van der Waals surface area contributed by atoms with Crippen molar-refractivity contribution in [3.63, 3.8) is 0 Å². The van der Waals surface area contributed by atoms with Crippen molar-refractivity contribution in [3.8, 4) is 10.4 Å². The van der Waals surface area contributed by atoms with Gasteiger partial charge in [0, 0.05) is 21.4 Å². The molecule has 1 nitrogen and oxygen atoms in total. The first-order chi connectivity index (χ1) is 8.22. The molecule has 0 radical (unpaired) electrons. The highest BCUT2D eigenvalue weighted by molar-refractivity contribution is 7.15. The summed E-state index contributed by atoms with van der Waals surface area (Å²) >= 11 is 1.58. The van der Waals surface area contributed by atoms with Gasteiger partial charge in [-0.15, -0.1) is 11.3 Å². The minimum Gasteiger partial charge on any atom is -0.323 e. The fourth-order valence-electron chi connectivity index (χ4n) is 1.81. The molecule has 17 heavy (non-hydrogen) atoms. The topological polar surface area (TPSA) is 26.0 Å². The standard InChI is InChI=1S/C14H16FNS/c1-2-5-12(16)14-9-8-13(17-14)10-6-3-4-7-11(10)15/h3-4,6-9,12H,2,5,16H2,1H3. The van der Waals surface area contributed by atoms with E-state index in [0.29, 0.717) is 5.56 Å². The van der Waals surface area contributed by atoms with Crippen molar-refractivity contribution in [1.29, 1.82) is 0 Å². The molecule has 1 atom stereocenters. The molecular formula is C14H16FNS. The number of benzene rings is 1. The molecule has 0 bridgehead atoms. The van der Waals surface area contributed by atoms with Crippen LogP contribution < -0.4 is 5.73 Å². The van der Waals surface area contributed by atoms with E-state index >= 15 is 0 Å². The van der Waals surface area contributed by atoms with Gasteiger partial charge in [0.25, 0.3) is 0 Å². The summed E-state index contributed by atoms with van der Waals surface area (Å²) in [6, 6.07) is 10.9. The van der Waals surface area contributed by atoms with E-state index in [1.807, 2.05) is 18.2 Å². The fourth-order valence-corrected chi connectivity index (χ4v) is 2.88. The van der Waals surface area contributed by atoms with E-state index in [2.05, 4.69) is 6.92 Å². The number of nitrogens with two attached hydrogens (primary N) is 1. The van der Waals surface area contributed by atoms with Gasteiger partial charge in [-0.2, -0.15) is 0 Å². The summed E-state index contributed by atoms with van der Waals surface area (Å²) < 4.78 is 13.6. The van der Waals surface area contributed by atoms with Gasteiger partial charge in [0.15, 0.2) is 0 Å².